The molecule has 1 aliphatic rings. The van der Waals surface area contributed by atoms with Crippen molar-refractivity contribution in [3.8, 4) is 0 Å². The fourth-order valence-corrected chi connectivity index (χ4v) is 4.10. The Bertz CT molecular complexity index is 713. The first kappa shape index (κ1) is 16.7. The number of nitro groups is 1. The number of hydrogen-bond acceptors (Lipinski definition) is 5. The maximum Gasteiger partial charge on any atom is 0.270 e. The van der Waals surface area contributed by atoms with Crippen LogP contribution in [0.15, 0.2) is 23.1 Å². The minimum Gasteiger partial charge on any atom is -0.340 e. The van der Waals surface area contributed by atoms with Gasteiger partial charge in [-0.2, -0.15) is 4.31 Å². The number of piperazine rings is 1. The van der Waals surface area contributed by atoms with Crippen LogP contribution in [0.25, 0.3) is 0 Å². The molecule has 0 bridgehead atoms. The smallest absolute Gasteiger partial charge is 0.270 e. The van der Waals surface area contributed by atoms with E-state index >= 15 is 0 Å². The Balaban J connectivity index is 2.30. The molecule has 10 heteroatoms. The second kappa shape index (κ2) is 6.19. The van der Waals surface area contributed by atoms with Gasteiger partial charge >= 0.3 is 0 Å². The summed E-state index contributed by atoms with van der Waals surface area (Å²) in [4.78, 5) is 22.6. The number of amides is 1. The van der Waals surface area contributed by atoms with Crippen LogP contribution in [0, 0.1) is 10.1 Å². The van der Waals surface area contributed by atoms with Crippen LogP contribution < -0.4 is 0 Å². The number of non-ortho nitro benzene ring substituents is 1. The van der Waals surface area contributed by atoms with Crippen LogP contribution in [0.1, 0.15) is 6.92 Å². The summed E-state index contributed by atoms with van der Waals surface area (Å²) in [6, 6.07) is 3.29. The van der Waals surface area contributed by atoms with Crippen molar-refractivity contribution in [1.82, 2.24) is 9.21 Å². The van der Waals surface area contributed by atoms with E-state index in [1.165, 1.54) is 17.3 Å². The van der Waals surface area contributed by atoms with E-state index in [0.29, 0.717) is 0 Å². The summed E-state index contributed by atoms with van der Waals surface area (Å²) >= 11 is 5.89. The molecule has 0 aliphatic carbocycles. The summed E-state index contributed by atoms with van der Waals surface area (Å²) in [7, 11) is -3.94. The minimum absolute atomic E-state index is 0.0698. The number of sulfonamides is 1. The van der Waals surface area contributed by atoms with Gasteiger partial charge in [0.25, 0.3) is 5.69 Å². The highest BCUT2D eigenvalue weighted by Crippen LogP contribution is 2.29. The van der Waals surface area contributed by atoms with Crippen LogP contribution in [0.3, 0.4) is 0 Å². The van der Waals surface area contributed by atoms with Gasteiger partial charge in [-0.1, -0.05) is 11.6 Å². The summed E-state index contributed by atoms with van der Waals surface area (Å²) in [5.74, 6) is -0.120. The molecular formula is C12H14ClN3O5S. The first-order valence-corrected chi connectivity index (χ1v) is 8.25. The fraction of sp³-hybridized carbons (Fsp3) is 0.417. The lowest BCUT2D eigenvalue weighted by Crippen LogP contribution is -2.49. The van der Waals surface area contributed by atoms with E-state index in [1.807, 2.05) is 0 Å². The zero-order chi connectivity index (χ0) is 16.5. The van der Waals surface area contributed by atoms with Crippen molar-refractivity contribution in [2.75, 3.05) is 26.2 Å². The predicted octanol–water partition coefficient (Wildman–Crippen LogP) is 1.10. The molecule has 120 valence electrons. The first-order chi connectivity index (χ1) is 10.2. The standard InChI is InChI=1S/C12H14ClN3O5S/c1-9(17)14-4-6-15(7-5-14)22(20,21)12-8-10(16(18)19)2-3-11(12)13/h2-3,8H,4-7H2,1H3. The van der Waals surface area contributed by atoms with Gasteiger partial charge in [-0.15, -0.1) is 0 Å². The highest BCUT2D eigenvalue weighted by Gasteiger charge is 2.31. The summed E-state index contributed by atoms with van der Waals surface area (Å²) in [5, 5.41) is 10.7. The molecule has 0 atom stereocenters. The number of halogens is 1. The Kier molecular flexibility index (Phi) is 4.69. The molecule has 0 radical (unpaired) electrons. The van der Waals surface area contributed by atoms with E-state index in [9.17, 15) is 23.3 Å². The van der Waals surface area contributed by atoms with Crippen molar-refractivity contribution in [2.45, 2.75) is 11.8 Å². The SMILES string of the molecule is CC(=O)N1CCN(S(=O)(=O)c2cc([N+](=O)[O-])ccc2Cl)CC1. The minimum atomic E-state index is -3.94. The van der Waals surface area contributed by atoms with Crippen molar-refractivity contribution >= 4 is 33.2 Å². The molecule has 1 saturated heterocycles. The van der Waals surface area contributed by atoms with Gasteiger partial charge in [0.1, 0.15) is 4.90 Å². The largest absolute Gasteiger partial charge is 0.340 e. The van der Waals surface area contributed by atoms with Gasteiger partial charge in [-0.25, -0.2) is 8.42 Å². The number of carbonyl (C=O) groups is 1. The average molecular weight is 348 g/mol. The van der Waals surface area contributed by atoms with E-state index in [2.05, 4.69) is 0 Å². The molecule has 1 heterocycles. The van der Waals surface area contributed by atoms with Crippen LogP contribution in [0.2, 0.25) is 5.02 Å². The normalized spacial score (nSPS) is 16.5. The Labute approximate surface area is 132 Å². The zero-order valence-electron chi connectivity index (χ0n) is 11.7. The maximum atomic E-state index is 12.6. The number of benzene rings is 1. The average Bonchev–Trinajstić information content (AvgIpc) is 2.47. The van der Waals surface area contributed by atoms with Gasteiger partial charge in [0, 0.05) is 45.2 Å². The third kappa shape index (κ3) is 3.21. The van der Waals surface area contributed by atoms with E-state index in [1.54, 1.807) is 4.90 Å². The molecule has 0 spiro atoms. The highest BCUT2D eigenvalue weighted by atomic mass is 35.5. The van der Waals surface area contributed by atoms with Gasteiger partial charge < -0.3 is 4.90 Å². The molecule has 0 saturated carbocycles. The maximum absolute atomic E-state index is 12.6. The highest BCUT2D eigenvalue weighted by molar-refractivity contribution is 7.89. The molecule has 2 rings (SSSR count). The van der Waals surface area contributed by atoms with Gasteiger partial charge in [0.15, 0.2) is 0 Å². The lowest BCUT2D eigenvalue weighted by atomic mass is 10.3. The van der Waals surface area contributed by atoms with Crippen molar-refractivity contribution in [3.63, 3.8) is 0 Å². The summed E-state index contributed by atoms with van der Waals surface area (Å²) < 4.78 is 26.3. The molecule has 22 heavy (non-hydrogen) atoms. The monoisotopic (exact) mass is 347 g/mol. The molecule has 1 aliphatic heterocycles. The van der Waals surface area contributed by atoms with E-state index in [-0.39, 0.29) is 47.7 Å². The molecule has 0 N–H and O–H groups in total. The van der Waals surface area contributed by atoms with Gasteiger partial charge in [-0.05, 0) is 6.07 Å². The molecule has 8 nitrogen and oxygen atoms in total. The fourth-order valence-electron chi connectivity index (χ4n) is 2.19. The van der Waals surface area contributed by atoms with Gasteiger partial charge in [0.05, 0.1) is 9.95 Å². The number of hydrogen-bond donors (Lipinski definition) is 0. The lowest BCUT2D eigenvalue weighted by Gasteiger charge is -2.33. The number of nitrogens with zero attached hydrogens (tertiary/aromatic N) is 3. The van der Waals surface area contributed by atoms with Gasteiger partial charge in [0.2, 0.25) is 15.9 Å². The van der Waals surface area contributed by atoms with Crippen LogP contribution in [0.4, 0.5) is 5.69 Å². The Hall–Kier alpha value is -1.71. The summed E-state index contributed by atoms with van der Waals surface area (Å²) in [5.41, 5.74) is -0.342. The van der Waals surface area contributed by atoms with Crippen molar-refractivity contribution in [1.29, 1.82) is 0 Å². The van der Waals surface area contributed by atoms with E-state index < -0.39 is 14.9 Å². The molecule has 1 amide bonds. The Morgan fingerprint density at radius 1 is 1.27 bits per heavy atom. The van der Waals surface area contributed by atoms with E-state index in [0.717, 1.165) is 12.1 Å². The molecular weight excluding hydrogens is 334 g/mol. The first-order valence-electron chi connectivity index (χ1n) is 6.43. The Morgan fingerprint density at radius 2 is 1.86 bits per heavy atom. The van der Waals surface area contributed by atoms with Crippen molar-refractivity contribution < 1.29 is 18.1 Å². The van der Waals surface area contributed by atoms with E-state index in [4.69, 9.17) is 11.6 Å². The van der Waals surface area contributed by atoms with Crippen molar-refractivity contribution in [3.05, 3.63) is 33.3 Å². The third-order valence-corrected chi connectivity index (χ3v) is 5.81. The number of nitro benzene ring substituents is 1. The summed E-state index contributed by atoms with van der Waals surface area (Å²) in [6.07, 6.45) is 0. The van der Waals surface area contributed by atoms with Gasteiger partial charge in [-0.3, -0.25) is 14.9 Å². The third-order valence-electron chi connectivity index (χ3n) is 3.43. The van der Waals surface area contributed by atoms with Crippen LogP contribution >= 0.6 is 11.6 Å². The predicted molar refractivity (Wildman–Crippen MR) is 79.1 cm³/mol. The summed E-state index contributed by atoms with van der Waals surface area (Å²) in [6.45, 7) is 2.23. The van der Waals surface area contributed by atoms with Crippen LogP contribution in [-0.2, 0) is 14.8 Å². The molecule has 1 aromatic rings. The quantitative estimate of drug-likeness (QED) is 0.602. The molecule has 1 aromatic carbocycles. The van der Waals surface area contributed by atoms with Crippen LogP contribution in [0.5, 0.6) is 0 Å². The second-order valence-electron chi connectivity index (χ2n) is 4.78. The molecule has 0 aromatic heterocycles. The molecule has 1 fully saturated rings. The lowest BCUT2D eigenvalue weighted by molar-refractivity contribution is -0.385. The number of rotatable bonds is 3. The number of carbonyl (C=O) groups excluding carboxylic acids is 1. The Morgan fingerprint density at radius 3 is 2.36 bits per heavy atom. The van der Waals surface area contributed by atoms with Crippen molar-refractivity contribution in [2.24, 2.45) is 0 Å². The second-order valence-corrected chi connectivity index (χ2v) is 7.10. The zero-order valence-corrected chi connectivity index (χ0v) is 13.3. The van der Waals surface area contributed by atoms with Crippen LogP contribution in [-0.4, -0.2) is 54.6 Å². The molecule has 0 unspecified atom stereocenters. The topological polar surface area (TPSA) is 101 Å².